The molecule has 0 fully saturated rings. The van der Waals surface area contributed by atoms with Gasteiger partial charge in [-0.1, -0.05) is 340 Å². The number of pyridine rings is 1. The lowest BCUT2D eigenvalue weighted by Crippen LogP contribution is -2.03. The molecule has 0 saturated carbocycles. The summed E-state index contributed by atoms with van der Waals surface area (Å²) in [6.45, 7) is 0. The summed E-state index contributed by atoms with van der Waals surface area (Å²) in [4.78, 5) is 6.30. The maximum absolute atomic E-state index is 6.61. The first-order valence-corrected chi connectivity index (χ1v) is 45.2. The van der Waals surface area contributed by atoms with Crippen LogP contribution in [0.25, 0.3) is 240 Å². The van der Waals surface area contributed by atoms with E-state index in [1.165, 1.54) is 200 Å². The largest absolute Gasteiger partial charge is 0.440 e. The molecule has 0 saturated heterocycles. The zero-order valence-corrected chi connectivity index (χ0v) is 71.8. The van der Waals surface area contributed by atoms with Crippen LogP contribution in [0.3, 0.4) is 0 Å². The Bertz CT molecular complexity index is 8670. The Labute approximate surface area is 752 Å². The first-order valence-electron chi connectivity index (χ1n) is 44.4. The predicted molar refractivity (Wildman–Crippen MR) is 552 cm³/mol. The van der Waals surface area contributed by atoms with Gasteiger partial charge >= 0.3 is 0 Å². The number of thiophene rings is 1. The minimum absolute atomic E-state index is 0.828. The van der Waals surface area contributed by atoms with E-state index in [2.05, 4.69) is 491 Å². The van der Waals surface area contributed by atoms with Crippen molar-refractivity contribution in [2.24, 2.45) is 7.05 Å². The van der Waals surface area contributed by atoms with E-state index in [0.29, 0.717) is 0 Å². The number of hydrogen-bond donors (Lipinski definition) is 0. The van der Waals surface area contributed by atoms with Crippen LogP contribution in [0.15, 0.2) is 472 Å². The Morgan fingerprint density at radius 1 is 0.223 bits per heavy atom. The number of para-hydroxylation sites is 8. The number of nitrogens with zero attached hydrogens (tertiary/aromatic N) is 6. The average molecular weight is 1680 g/mol. The van der Waals surface area contributed by atoms with Crippen molar-refractivity contribution in [2.75, 3.05) is 0 Å². The first-order chi connectivity index (χ1) is 64.5. The molecule has 0 N–H and O–H groups in total. The molecule has 8 heterocycles. The van der Waals surface area contributed by atoms with Crippen LogP contribution in [0, 0.1) is 0 Å². The van der Waals surface area contributed by atoms with Crippen LogP contribution in [0.5, 0.6) is 0 Å². The minimum Gasteiger partial charge on any atom is -0.440 e. The summed E-state index contributed by atoms with van der Waals surface area (Å²) in [7, 11) is 2.19. The van der Waals surface area contributed by atoms with E-state index in [4.69, 9.17) is 9.40 Å². The molecule has 0 atom stereocenters. The van der Waals surface area contributed by atoms with Gasteiger partial charge in [0.2, 0.25) is 5.88 Å². The van der Waals surface area contributed by atoms with Crippen LogP contribution in [-0.2, 0) is 7.05 Å². The molecule has 0 aliphatic carbocycles. The quantitative estimate of drug-likeness (QED) is 0.142. The Hall–Kier alpha value is -16.9. The highest BCUT2D eigenvalue weighted by Crippen LogP contribution is 2.47. The first kappa shape index (κ1) is 75.6. The number of furan rings is 1. The molecule has 610 valence electrons. The molecule has 0 radical (unpaired) electrons. The van der Waals surface area contributed by atoms with E-state index in [-0.39, 0.29) is 0 Å². The van der Waals surface area contributed by atoms with Crippen LogP contribution in [0.4, 0.5) is 0 Å². The highest BCUT2D eigenvalue weighted by molar-refractivity contribution is 7.18. The third-order valence-electron chi connectivity index (χ3n) is 26.4. The van der Waals surface area contributed by atoms with E-state index in [1.807, 2.05) is 17.5 Å². The van der Waals surface area contributed by atoms with Crippen LogP contribution in [0.2, 0.25) is 0 Å². The summed E-state index contributed by atoms with van der Waals surface area (Å²) >= 11 is 1.87. The third kappa shape index (κ3) is 12.5. The lowest BCUT2D eigenvalue weighted by atomic mass is 9.94. The number of rotatable bonds is 8. The van der Waals surface area contributed by atoms with Crippen LogP contribution < -0.4 is 0 Å². The lowest BCUT2D eigenvalue weighted by Gasteiger charge is -2.15. The lowest BCUT2D eigenvalue weighted by molar-refractivity contribution is 0.561. The molecule has 20 aromatic carbocycles. The topological polar surface area (TPSA) is 50.7 Å². The minimum atomic E-state index is 0.828. The fraction of sp³-hybridized carbons (Fsp3) is 0.00820. The fourth-order valence-corrected chi connectivity index (χ4v) is 21.7. The van der Waals surface area contributed by atoms with Crippen LogP contribution in [-0.4, -0.2) is 27.8 Å². The zero-order chi connectivity index (χ0) is 85.9. The van der Waals surface area contributed by atoms with Crippen LogP contribution in [0.1, 0.15) is 0 Å². The molecule has 0 spiro atoms. The maximum Gasteiger partial charge on any atom is 0.205 e. The fourth-order valence-electron chi connectivity index (χ4n) is 20.6. The molecule has 0 amide bonds. The van der Waals surface area contributed by atoms with Gasteiger partial charge in [0.1, 0.15) is 16.6 Å². The molecule has 0 aliphatic rings. The standard InChI is InChI=1S/C31H22N2.C31H20N2.C30H19NO.C30H19NS/c1-32-29(31-23-12-4-2-10-21(23)20-22-11-3-5-13-24(22)31)18-19-30(32)33-27-16-8-6-14-25(27)26-15-7-9-17-28(26)33;1-3-11-24-21(9-1)19-22-10-2-4-12-25(22)31(24)28-18-17-23(20-32-28)33-29-15-7-5-13-26(29)27-14-6-8-16-30(27)33;2*1-3-11-22-20(9-1)19-21-10-2-4-12-23(21)30(22)28-17-18-29(32-28)31-26-15-7-5-13-24(26)25-14-6-8-16-27(25)31/h2-20H,1H3;1-20H;2*1-19H. The van der Waals surface area contributed by atoms with Gasteiger partial charge in [-0.3, -0.25) is 14.1 Å². The summed E-state index contributed by atoms with van der Waals surface area (Å²) in [5.41, 5.74) is 17.9. The second-order valence-corrected chi connectivity index (χ2v) is 34.6. The van der Waals surface area contributed by atoms with E-state index >= 15 is 0 Å². The predicted octanol–water partition coefficient (Wildman–Crippen LogP) is 33.4. The van der Waals surface area contributed by atoms with E-state index in [9.17, 15) is 0 Å². The SMILES string of the molecule is Cn1c(-c2c3ccccc3cc3ccccc23)ccc1-n1c2ccccc2c2ccccc21.c1ccc2c(-c3ccc(-n4c5ccccc5c5ccccc54)cn3)c3ccccc3cc2c1.c1ccc2c(-c3ccc(-n4c5ccccc5c5ccccc54)o3)c3ccccc3cc2c1.c1ccc2c(-c3ccc(-n4c5ccccc5c5ccccc54)s3)c3ccccc3cc2c1. The van der Waals surface area contributed by atoms with Crippen molar-refractivity contribution in [3.63, 3.8) is 0 Å². The van der Waals surface area contributed by atoms with Crippen LogP contribution >= 0.6 is 11.3 Å². The highest BCUT2D eigenvalue weighted by Gasteiger charge is 2.24. The van der Waals surface area contributed by atoms with Crippen molar-refractivity contribution in [3.8, 4) is 66.7 Å². The van der Waals surface area contributed by atoms with Gasteiger partial charge in [-0.15, -0.1) is 11.3 Å². The molecule has 8 aromatic heterocycles. The normalized spacial score (nSPS) is 11.7. The summed E-state index contributed by atoms with van der Waals surface area (Å²) in [6, 6.07) is 165. The number of aromatic nitrogens is 6. The molecule has 8 heteroatoms. The van der Waals surface area contributed by atoms with Gasteiger partial charge in [-0.25, -0.2) is 0 Å². The molecular weight excluding hydrogens is 1600 g/mol. The molecule has 0 aliphatic heterocycles. The second-order valence-electron chi connectivity index (χ2n) is 33.6. The van der Waals surface area contributed by atoms with E-state index < -0.39 is 0 Å². The summed E-state index contributed by atoms with van der Waals surface area (Å²) in [6.07, 6.45) is 2.00. The van der Waals surface area contributed by atoms with Crippen molar-refractivity contribution in [1.82, 2.24) is 27.8 Å². The summed E-state index contributed by atoms with van der Waals surface area (Å²) < 4.78 is 18.3. The molecule has 130 heavy (non-hydrogen) atoms. The van der Waals surface area contributed by atoms with Crippen molar-refractivity contribution in [2.45, 2.75) is 0 Å². The Morgan fingerprint density at radius 2 is 0.515 bits per heavy atom. The second kappa shape index (κ2) is 31.3. The number of benzene rings is 20. The van der Waals surface area contributed by atoms with Crippen molar-refractivity contribution in [3.05, 3.63) is 467 Å². The van der Waals surface area contributed by atoms with Crippen molar-refractivity contribution >= 4 is 185 Å². The molecule has 0 unspecified atom stereocenters. The number of fused-ring (bicyclic) bond motifs is 20. The van der Waals surface area contributed by atoms with Crippen molar-refractivity contribution < 1.29 is 4.42 Å². The molecular formula is C122H80N6OS. The molecule has 28 rings (SSSR count). The Morgan fingerprint density at radius 3 is 0.862 bits per heavy atom. The third-order valence-corrected chi connectivity index (χ3v) is 27.5. The summed E-state index contributed by atoms with van der Waals surface area (Å²) in [5, 5.41) is 31.5. The molecule has 7 nitrogen and oxygen atoms in total. The summed E-state index contributed by atoms with van der Waals surface area (Å²) in [5.74, 6) is 2.88. The van der Waals surface area contributed by atoms with Gasteiger partial charge in [-0.05, 0) is 201 Å². The number of hydrogen-bond acceptors (Lipinski definition) is 3. The molecule has 28 aromatic rings. The van der Waals surface area contributed by atoms with Gasteiger partial charge < -0.3 is 18.1 Å². The van der Waals surface area contributed by atoms with Gasteiger partial charge in [0, 0.05) is 83.3 Å². The van der Waals surface area contributed by atoms with Gasteiger partial charge in [-0.2, -0.15) is 0 Å². The Kier molecular flexibility index (Phi) is 18.2. The molecule has 0 bridgehead atoms. The smallest absolute Gasteiger partial charge is 0.205 e. The zero-order valence-electron chi connectivity index (χ0n) is 71.0. The van der Waals surface area contributed by atoms with Gasteiger partial charge in [0.25, 0.3) is 0 Å². The van der Waals surface area contributed by atoms with Gasteiger partial charge in [0.15, 0.2) is 0 Å². The highest BCUT2D eigenvalue weighted by atomic mass is 32.1. The Balaban J connectivity index is 0.0000000936. The van der Waals surface area contributed by atoms with E-state index in [0.717, 1.165) is 39.6 Å². The monoisotopic (exact) mass is 1680 g/mol. The average Bonchev–Trinajstić information content (AvgIpc) is 1.54. The maximum atomic E-state index is 6.61. The van der Waals surface area contributed by atoms with E-state index in [1.54, 1.807) is 0 Å². The van der Waals surface area contributed by atoms with Crippen molar-refractivity contribution in [1.29, 1.82) is 0 Å². The van der Waals surface area contributed by atoms with Gasteiger partial charge in [0.05, 0.1) is 67.4 Å².